The number of anilines is 1. The second-order valence-corrected chi connectivity index (χ2v) is 5.71. The largest absolute Gasteiger partial charge is 0.398 e. The van der Waals surface area contributed by atoms with Gasteiger partial charge in [-0.2, -0.15) is 4.31 Å². The average Bonchev–Trinajstić information content (AvgIpc) is 3.03. The lowest BCUT2D eigenvalue weighted by molar-refractivity contribution is 0.421. The van der Waals surface area contributed by atoms with Gasteiger partial charge in [0.05, 0.1) is 5.69 Å². The highest BCUT2D eigenvalue weighted by Gasteiger charge is 2.37. The van der Waals surface area contributed by atoms with Gasteiger partial charge in [0.15, 0.2) is 0 Å². The first-order valence-electron chi connectivity index (χ1n) is 5.28. The minimum atomic E-state index is -3.47. The van der Waals surface area contributed by atoms with Gasteiger partial charge in [-0.05, 0) is 18.9 Å². The van der Waals surface area contributed by atoms with Gasteiger partial charge in [0.1, 0.15) is 4.90 Å². The van der Waals surface area contributed by atoms with Gasteiger partial charge in [-0.1, -0.05) is 6.92 Å². The molecule has 0 unspecified atom stereocenters. The molecule has 1 aliphatic rings. The summed E-state index contributed by atoms with van der Waals surface area (Å²) in [6.07, 6.45) is 4.68. The van der Waals surface area contributed by atoms with Crippen molar-refractivity contribution in [3.63, 3.8) is 0 Å². The summed E-state index contributed by atoms with van der Waals surface area (Å²) in [5.41, 5.74) is 5.93. The van der Waals surface area contributed by atoms with Crippen molar-refractivity contribution in [3.8, 4) is 0 Å². The van der Waals surface area contributed by atoms with Crippen molar-refractivity contribution in [2.24, 2.45) is 0 Å². The van der Waals surface area contributed by atoms with E-state index < -0.39 is 10.0 Å². The van der Waals surface area contributed by atoms with Crippen molar-refractivity contribution in [1.29, 1.82) is 0 Å². The Morgan fingerprint density at radius 2 is 2.25 bits per heavy atom. The number of nitrogens with zero attached hydrogens (tertiary/aromatic N) is 2. The molecule has 1 aliphatic carbocycles. The molecular formula is C10H15N3O2S. The fourth-order valence-corrected chi connectivity index (χ4v) is 3.48. The summed E-state index contributed by atoms with van der Waals surface area (Å²) in [4.78, 5) is 3.94. The molecule has 0 radical (unpaired) electrons. The topological polar surface area (TPSA) is 76.3 Å². The SMILES string of the molecule is CCN(C1CC1)S(=O)(=O)c1cnccc1N. The van der Waals surface area contributed by atoms with Gasteiger partial charge in [-0.25, -0.2) is 8.42 Å². The Morgan fingerprint density at radius 1 is 1.56 bits per heavy atom. The fourth-order valence-electron chi connectivity index (χ4n) is 1.72. The second-order valence-electron chi connectivity index (χ2n) is 3.85. The first-order chi connectivity index (χ1) is 7.57. The molecule has 0 spiro atoms. The predicted octanol–water partition coefficient (Wildman–Crippen LogP) is 0.837. The zero-order valence-corrected chi connectivity index (χ0v) is 9.94. The van der Waals surface area contributed by atoms with E-state index in [4.69, 9.17) is 5.73 Å². The first kappa shape index (κ1) is 11.3. The minimum Gasteiger partial charge on any atom is -0.398 e. The number of rotatable bonds is 4. The molecule has 2 N–H and O–H groups in total. The van der Waals surface area contributed by atoms with Crippen molar-refractivity contribution in [2.45, 2.75) is 30.7 Å². The molecule has 0 aromatic carbocycles. The Hall–Kier alpha value is -1.14. The second kappa shape index (κ2) is 4.03. The van der Waals surface area contributed by atoms with Gasteiger partial charge in [0.25, 0.3) is 0 Å². The van der Waals surface area contributed by atoms with E-state index in [1.807, 2.05) is 6.92 Å². The lowest BCUT2D eigenvalue weighted by Gasteiger charge is -2.20. The summed E-state index contributed by atoms with van der Waals surface area (Å²) in [6.45, 7) is 2.31. The highest BCUT2D eigenvalue weighted by atomic mass is 32.2. The zero-order chi connectivity index (χ0) is 11.8. The lowest BCUT2D eigenvalue weighted by Crippen LogP contribution is -2.33. The number of sulfonamides is 1. The number of hydrogen-bond donors (Lipinski definition) is 1. The van der Waals surface area contributed by atoms with Crippen LogP contribution in [0.25, 0.3) is 0 Å². The Morgan fingerprint density at radius 3 is 2.75 bits per heavy atom. The van der Waals surface area contributed by atoms with Crippen LogP contribution in [0.3, 0.4) is 0 Å². The molecule has 0 aliphatic heterocycles. The molecule has 1 aromatic heterocycles. The molecule has 0 atom stereocenters. The summed E-state index contributed by atoms with van der Waals surface area (Å²) in [5, 5.41) is 0. The maximum atomic E-state index is 12.3. The highest BCUT2D eigenvalue weighted by Crippen LogP contribution is 2.32. The molecule has 0 bridgehead atoms. The normalized spacial score (nSPS) is 16.6. The van der Waals surface area contributed by atoms with E-state index >= 15 is 0 Å². The molecule has 6 heteroatoms. The fraction of sp³-hybridized carbons (Fsp3) is 0.500. The molecule has 16 heavy (non-hydrogen) atoms. The summed E-state index contributed by atoms with van der Waals surface area (Å²) in [5.74, 6) is 0. The van der Waals surface area contributed by atoms with Crippen LogP contribution in [0.1, 0.15) is 19.8 Å². The molecule has 1 heterocycles. The number of hydrogen-bond acceptors (Lipinski definition) is 4. The van der Waals surface area contributed by atoms with E-state index in [2.05, 4.69) is 4.98 Å². The van der Waals surface area contributed by atoms with Gasteiger partial charge in [-0.15, -0.1) is 0 Å². The van der Waals surface area contributed by atoms with E-state index in [1.54, 1.807) is 0 Å². The van der Waals surface area contributed by atoms with Crippen LogP contribution < -0.4 is 5.73 Å². The highest BCUT2D eigenvalue weighted by molar-refractivity contribution is 7.89. The molecule has 2 rings (SSSR count). The van der Waals surface area contributed by atoms with E-state index in [-0.39, 0.29) is 16.6 Å². The summed E-state index contributed by atoms with van der Waals surface area (Å²) in [6, 6.07) is 1.66. The smallest absolute Gasteiger partial charge is 0.246 e. The quantitative estimate of drug-likeness (QED) is 0.847. The maximum absolute atomic E-state index is 12.3. The van der Waals surface area contributed by atoms with Crippen molar-refractivity contribution >= 4 is 15.7 Å². The third kappa shape index (κ3) is 1.90. The average molecular weight is 241 g/mol. The molecule has 1 fully saturated rings. The van der Waals surface area contributed by atoms with Crippen molar-refractivity contribution in [3.05, 3.63) is 18.5 Å². The van der Waals surface area contributed by atoms with Crippen LogP contribution in [0.15, 0.2) is 23.4 Å². The Balaban J connectivity index is 2.41. The third-order valence-electron chi connectivity index (χ3n) is 2.67. The van der Waals surface area contributed by atoms with Crippen molar-refractivity contribution in [2.75, 3.05) is 12.3 Å². The van der Waals surface area contributed by atoms with Crippen LogP contribution in [0.5, 0.6) is 0 Å². The van der Waals surface area contributed by atoms with Crippen molar-refractivity contribution < 1.29 is 8.42 Å². The Bertz CT molecular complexity index is 483. The van der Waals surface area contributed by atoms with E-state index in [0.717, 1.165) is 12.8 Å². The first-order valence-corrected chi connectivity index (χ1v) is 6.72. The number of nitrogens with two attached hydrogens (primary N) is 1. The number of pyridine rings is 1. The lowest BCUT2D eigenvalue weighted by atomic mass is 10.4. The maximum Gasteiger partial charge on any atom is 0.246 e. The Kier molecular flexibility index (Phi) is 2.86. The van der Waals surface area contributed by atoms with Gasteiger partial charge in [0.2, 0.25) is 10.0 Å². The number of aromatic nitrogens is 1. The van der Waals surface area contributed by atoms with Crippen LogP contribution >= 0.6 is 0 Å². The van der Waals surface area contributed by atoms with Crippen LogP contribution in [0.2, 0.25) is 0 Å². The Labute approximate surface area is 95.3 Å². The van der Waals surface area contributed by atoms with E-state index in [1.165, 1.54) is 22.8 Å². The molecule has 88 valence electrons. The monoisotopic (exact) mass is 241 g/mol. The molecule has 1 saturated carbocycles. The third-order valence-corrected chi connectivity index (χ3v) is 4.74. The van der Waals surface area contributed by atoms with E-state index in [9.17, 15) is 8.42 Å². The number of nitrogen functional groups attached to an aromatic ring is 1. The molecule has 0 saturated heterocycles. The van der Waals surface area contributed by atoms with Crippen LogP contribution in [0, 0.1) is 0 Å². The molecular weight excluding hydrogens is 226 g/mol. The predicted molar refractivity (Wildman–Crippen MR) is 61.2 cm³/mol. The summed E-state index contributed by atoms with van der Waals surface area (Å²) < 4.78 is 26.0. The van der Waals surface area contributed by atoms with Gasteiger partial charge >= 0.3 is 0 Å². The molecule has 5 nitrogen and oxygen atoms in total. The summed E-state index contributed by atoms with van der Waals surface area (Å²) >= 11 is 0. The van der Waals surface area contributed by atoms with Crippen molar-refractivity contribution in [1.82, 2.24) is 9.29 Å². The van der Waals surface area contributed by atoms with E-state index in [0.29, 0.717) is 6.54 Å². The molecule has 1 aromatic rings. The van der Waals surface area contributed by atoms with Gasteiger partial charge in [0, 0.05) is 25.0 Å². The minimum absolute atomic E-state index is 0.115. The van der Waals surface area contributed by atoms with Crippen LogP contribution in [-0.2, 0) is 10.0 Å². The van der Waals surface area contributed by atoms with Crippen LogP contribution in [-0.4, -0.2) is 30.3 Å². The molecule has 0 amide bonds. The van der Waals surface area contributed by atoms with Gasteiger partial charge < -0.3 is 5.73 Å². The standard InChI is InChI=1S/C10H15N3O2S/c1-2-13(8-3-4-8)16(14,15)10-7-12-6-5-9(10)11/h5-8H,2-4H2,1H3,(H2,11,12). The zero-order valence-electron chi connectivity index (χ0n) is 9.13. The summed E-state index contributed by atoms with van der Waals surface area (Å²) in [7, 11) is -3.47. The van der Waals surface area contributed by atoms with Crippen LogP contribution in [0.4, 0.5) is 5.69 Å². The van der Waals surface area contributed by atoms with Gasteiger partial charge in [-0.3, -0.25) is 4.98 Å².